The van der Waals surface area contributed by atoms with Gasteiger partial charge in [0.15, 0.2) is 5.78 Å². The van der Waals surface area contributed by atoms with Crippen molar-refractivity contribution in [2.45, 2.75) is 55.4 Å². The molecule has 74 heavy (non-hydrogen) atoms. The molecule has 5 heteroatoms. The summed E-state index contributed by atoms with van der Waals surface area (Å²) in [6, 6.07) is 81.6. The first-order chi connectivity index (χ1) is 35.8. The molecule has 0 saturated carbocycles. The second-order valence-electron chi connectivity index (χ2n) is 19.8. The molecule has 0 atom stereocenters. The molecular formula is C69H62N4O. The molecule has 0 aliphatic rings. The van der Waals surface area contributed by atoms with Crippen LogP contribution < -0.4 is 19.6 Å². The van der Waals surface area contributed by atoms with Gasteiger partial charge >= 0.3 is 0 Å². The van der Waals surface area contributed by atoms with Crippen LogP contribution in [-0.2, 0) is 0 Å². The fourth-order valence-electron chi connectivity index (χ4n) is 9.48. The van der Waals surface area contributed by atoms with Crippen molar-refractivity contribution in [2.75, 3.05) is 19.6 Å². The van der Waals surface area contributed by atoms with Crippen LogP contribution in [0.5, 0.6) is 0 Å². The molecular weight excluding hydrogens is 901 g/mol. The zero-order valence-corrected chi connectivity index (χ0v) is 43.6. The standard InChI is InChI=1S/C69H62N4O/c1-47-9-25-57(26-10-47)70(58-27-11-48(2)12-28-58)65-41-55(42-66(45-65)71(59-29-13-49(3)14-30-59)60-31-15-50(4)16-32-60)69(74)56-43-67(72(61-33-17-51(5)18-34-61)62-35-19-52(6)20-36-62)46-68(44-56)73(63-37-21-53(7)22-38-63)64-39-23-54(8)24-40-64/h9-46H,1-8H3. The Balaban J connectivity index is 1.25. The highest BCUT2D eigenvalue weighted by atomic mass is 16.1. The van der Waals surface area contributed by atoms with E-state index in [1.54, 1.807) is 0 Å². The number of anilines is 12. The topological polar surface area (TPSA) is 30.0 Å². The summed E-state index contributed by atoms with van der Waals surface area (Å²) in [6.07, 6.45) is 0. The third-order valence-corrected chi connectivity index (χ3v) is 13.7. The van der Waals surface area contributed by atoms with Crippen LogP contribution in [0.25, 0.3) is 0 Å². The molecule has 364 valence electrons. The summed E-state index contributed by atoms with van der Waals surface area (Å²) in [5.74, 6) is -0.114. The Kier molecular flexibility index (Phi) is 13.8. The fourth-order valence-corrected chi connectivity index (χ4v) is 9.48. The van der Waals surface area contributed by atoms with Crippen LogP contribution in [-0.4, -0.2) is 5.78 Å². The molecule has 10 aromatic rings. The van der Waals surface area contributed by atoms with Crippen LogP contribution in [0.15, 0.2) is 231 Å². The zero-order valence-electron chi connectivity index (χ0n) is 43.6. The number of hydrogen-bond donors (Lipinski definition) is 0. The van der Waals surface area contributed by atoms with E-state index in [1.807, 2.05) is 0 Å². The third-order valence-electron chi connectivity index (χ3n) is 13.7. The van der Waals surface area contributed by atoms with Crippen LogP contribution in [0.4, 0.5) is 68.2 Å². The lowest BCUT2D eigenvalue weighted by Crippen LogP contribution is -2.17. The maximum Gasteiger partial charge on any atom is 0.193 e. The molecule has 0 saturated heterocycles. The van der Waals surface area contributed by atoms with Gasteiger partial charge in [-0.1, -0.05) is 142 Å². The summed E-state index contributed by atoms with van der Waals surface area (Å²) in [6.45, 7) is 16.9. The first-order valence-corrected chi connectivity index (χ1v) is 25.4. The minimum Gasteiger partial charge on any atom is -0.310 e. The molecule has 10 aromatic carbocycles. The number of carbonyl (C=O) groups excluding carboxylic acids is 1. The minimum atomic E-state index is -0.114. The summed E-state index contributed by atoms with van der Waals surface area (Å²) < 4.78 is 0. The Hall–Kier alpha value is -8.93. The minimum absolute atomic E-state index is 0.114. The normalized spacial score (nSPS) is 11.0. The molecule has 5 nitrogen and oxygen atoms in total. The maximum absolute atomic E-state index is 16.3. The summed E-state index contributed by atoms with van der Waals surface area (Å²) in [5, 5.41) is 0. The highest BCUT2D eigenvalue weighted by molar-refractivity contribution is 6.12. The molecule has 0 fully saturated rings. The Bertz CT molecular complexity index is 2900. The molecule has 10 rings (SSSR count). The highest BCUT2D eigenvalue weighted by Crippen LogP contribution is 2.45. The van der Waals surface area contributed by atoms with Crippen LogP contribution in [0.1, 0.15) is 60.4 Å². The number of carbonyl (C=O) groups is 1. The Labute approximate surface area is 437 Å². The number of aryl methyl sites for hydroxylation is 8. The van der Waals surface area contributed by atoms with Gasteiger partial charge in [0.25, 0.3) is 0 Å². The first kappa shape index (κ1) is 48.7. The highest BCUT2D eigenvalue weighted by Gasteiger charge is 2.25. The molecule has 0 spiro atoms. The van der Waals surface area contributed by atoms with Crippen LogP contribution in [0.3, 0.4) is 0 Å². The van der Waals surface area contributed by atoms with Crippen LogP contribution in [0.2, 0.25) is 0 Å². The monoisotopic (exact) mass is 962 g/mol. The molecule has 0 aromatic heterocycles. The number of hydrogen-bond acceptors (Lipinski definition) is 5. The quantitative estimate of drug-likeness (QED) is 0.101. The SMILES string of the molecule is Cc1ccc(N(c2ccc(C)cc2)c2cc(C(=O)c3cc(N(c4ccc(C)cc4)c4ccc(C)cc4)cc(N(c4ccc(C)cc4)c4ccc(C)cc4)c3)cc(N(c3ccc(C)cc3)c3ccc(C)cc3)c2)cc1. The Morgan fingerprint density at radius 1 is 0.203 bits per heavy atom. The van der Waals surface area contributed by atoms with Gasteiger partial charge in [-0.3, -0.25) is 4.79 Å². The van der Waals surface area contributed by atoms with Crippen molar-refractivity contribution < 1.29 is 4.79 Å². The Morgan fingerprint density at radius 2 is 0.338 bits per heavy atom. The van der Waals surface area contributed by atoms with Gasteiger partial charge in [0.05, 0.1) is 0 Å². The van der Waals surface area contributed by atoms with Crippen LogP contribution in [0, 0.1) is 55.4 Å². The summed E-state index contributed by atoms with van der Waals surface area (Å²) in [4.78, 5) is 25.4. The molecule has 0 aliphatic carbocycles. The van der Waals surface area contributed by atoms with E-state index in [4.69, 9.17) is 0 Å². The van der Waals surface area contributed by atoms with Gasteiger partial charge in [0, 0.05) is 79.4 Å². The third kappa shape index (κ3) is 10.6. The first-order valence-electron chi connectivity index (χ1n) is 25.4. The van der Waals surface area contributed by atoms with Gasteiger partial charge in [0.2, 0.25) is 0 Å². The lowest BCUT2D eigenvalue weighted by atomic mass is 9.98. The van der Waals surface area contributed by atoms with E-state index < -0.39 is 0 Å². The van der Waals surface area contributed by atoms with Gasteiger partial charge in [0.1, 0.15) is 0 Å². The van der Waals surface area contributed by atoms with E-state index in [2.05, 4.69) is 306 Å². The van der Waals surface area contributed by atoms with Crippen molar-refractivity contribution >= 4 is 74.0 Å². The van der Waals surface area contributed by atoms with Crippen molar-refractivity contribution in [3.8, 4) is 0 Å². The van der Waals surface area contributed by atoms with E-state index in [0.717, 1.165) is 68.2 Å². The molecule has 0 unspecified atom stereocenters. The lowest BCUT2D eigenvalue weighted by molar-refractivity contribution is 0.103. The van der Waals surface area contributed by atoms with Crippen molar-refractivity contribution in [2.24, 2.45) is 0 Å². The summed E-state index contributed by atoms with van der Waals surface area (Å²) >= 11 is 0. The largest absolute Gasteiger partial charge is 0.310 e. The molecule has 0 heterocycles. The number of rotatable bonds is 14. The average molecular weight is 963 g/mol. The zero-order chi connectivity index (χ0) is 51.5. The van der Waals surface area contributed by atoms with E-state index >= 15 is 4.79 Å². The predicted octanol–water partition coefficient (Wildman–Crippen LogP) is 19.3. The van der Waals surface area contributed by atoms with E-state index in [0.29, 0.717) is 11.1 Å². The summed E-state index contributed by atoms with van der Waals surface area (Å²) in [5.41, 5.74) is 21.7. The van der Waals surface area contributed by atoms with Gasteiger partial charge < -0.3 is 19.6 Å². The van der Waals surface area contributed by atoms with Crippen LogP contribution >= 0.6 is 0 Å². The van der Waals surface area contributed by atoms with E-state index in [1.165, 1.54) is 44.5 Å². The predicted molar refractivity (Wildman–Crippen MR) is 313 cm³/mol. The maximum atomic E-state index is 16.3. The summed E-state index contributed by atoms with van der Waals surface area (Å²) in [7, 11) is 0. The molecule has 0 N–H and O–H groups in total. The van der Waals surface area contributed by atoms with Gasteiger partial charge in [-0.15, -0.1) is 0 Å². The Morgan fingerprint density at radius 3 is 0.473 bits per heavy atom. The lowest BCUT2D eigenvalue weighted by Gasteiger charge is -2.31. The average Bonchev–Trinajstić information content (AvgIpc) is 3.41. The number of benzene rings is 10. The second-order valence-corrected chi connectivity index (χ2v) is 19.8. The number of ketones is 1. The number of nitrogens with zero attached hydrogens (tertiary/aromatic N) is 4. The van der Waals surface area contributed by atoms with Crippen molar-refractivity contribution in [3.63, 3.8) is 0 Å². The fraction of sp³-hybridized carbons (Fsp3) is 0.116. The second kappa shape index (κ2) is 21.0. The smallest absolute Gasteiger partial charge is 0.193 e. The molecule has 0 amide bonds. The van der Waals surface area contributed by atoms with E-state index in [9.17, 15) is 0 Å². The van der Waals surface area contributed by atoms with Gasteiger partial charge in [-0.2, -0.15) is 0 Å². The van der Waals surface area contributed by atoms with Gasteiger partial charge in [-0.05, 0) is 189 Å². The van der Waals surface area contributed by atoms with Crippen molar-refractivity contribution in [1.29, 1.82) is 0 Å². The van der Waals surface area contributed by atoms with Crippen molar-refractivity contribution in [1.82, 2.24) is 0 Å². The molecule has 0 aliphatic heterocycles. The van der Waals surface area contributed by atoms with E-state index in [-0.39, 0.29) is 5.78 Å². The molecule has 0 radical (unpaired) electrons. The molecule has 0 bridgehead atoms. The van der Waals surface area contributed by atoms with Gasteiger partial charge in [-0.25, -0.2) is 0 Å². The van der Waals surface area contributed by atoms with Crippen molar-refractivity contribution in [3.05, 3.63) is 286 Å².